The minimum Gasteiger partial charge on any atom is -0.594 e. The molecule has 0 bridgehead atoms. The van der Waals surface area contributed by atoms with Crippen molar-refractivity contribution in [2.75, 3.05) is 11.5 Å². The molecular formula is C11H14N4O3S. The largest absolute Gasteiger partial charge is 0.594 e. The van der Waals surface area contributed by atoms with Gasteiger partial charge in [0.2, 0.25) is 0 Å². The van der Waals surface area contributed by atoms with E-state index in [1.54, 1.807) is 0 Å². The second-order valence-electron chi connectivity index (χ2n) is 4.14. The fraction of sp³-hybridized carbons (Fsp3) is 0.364. The molecule has 0 saturated carbocycles. The molecule has 102 valence electrons. The van der Waals surface area contributed by atoms with E-state index in [-0.39, 0.29) is 32.5 Å². The summed E-state index contributed by atoms with van der Waals surface area (Å²) in [5, 5.41) is 15.2. The number of aromatic nitrogens is 3. The van der Waals surface area contributed by atoms with Crippen LogP contribution in [0.15, 0.2) is 23.1 Å². The van der Waals surface area contributed by atoms with Gasteiger partial charge in [-0.05, 0) is 23.4 Å². The van der Waals surface area contributed by atoms with E-state index < -0.39 is 9.84 Å². The molecule has 8 heteroatoms. The van der Waals surface area contributed by atoms with Gasteiger partial charge in [-0.1, -0.05) is 19.4 Å². The first-order valence-corrected chi connectivity index (χ1v) is 7.50. The van der Waals surface area contributed by atoms with Gasteiger partial charge in [0.05, 0.1) is 10.9 Å². The lowest BCUT2D eigenvalue weighted by molar-refractivity contribution is -0.642. The molecule has 2 N–H and O–H groups in total. The lowest BCUT2D eigenvalue weighted by Crippen LogP contribution is -2.35. The molecule has 0 aliphatic carbocycles. The normalized spacial score (nSPS) is 11.8. The van der Waals surface area contributed by atoms with Crippen LogP contribution < -0.4 is 10.6 Å². The second-order valence-corrected chi connectivity index (χ2v) is 6.22. The van der Waals surface area contributed by atoms with Gasteiger partial charge in [-0.25, -0.2) is 13.4 Å². The van der Waals surface area contributed by atoms with Crippen molar-refractivity contribution in [3.8, 4) is 0 Å². The lowest BCUT2D eigenvalue weighted by Gasteiger charge is -2.06. The predicted molar refractivity (Wildman–Crippen MR) is 69.9 cm³/mol. The van der Waals surface area contributed by atoms with Gasteiger partial charge in [0, 0.05) is 0 Å². The first-order valence-electron chi connectivity index (χ1n) is 5.84. The van der Waals surface area contributed by atoms with E-state index >= 15 is 0 Å². The van der Waals surface area contributed by atoms with Crippen molar-refractivity contribution in [2.24, 2.45) is 0 Å². The highest BCUT2D eigenvalue weighted by Gasteiger charge is 2.24. The average Bonchev–Trinajstić information content (AvgIpc) is 2.35. The van der Waals surface area contributed by atoms with Crippen molar-refractivity contribution in [2.45, 2.75) is 24.7 Å². The first-order chi connectivity index (χ1) is 8.95. The Morgan fingerprint density at radius 3 is 2.84 bits per heavy atom. The van der Waals surface area contributed by atoms with E-state index in [9.17, 15) is 13.6 Å². The van der Waals surface area contributed by atoms with Crippen LogP contribution in [0.25, 0.3) is 11.0 Å². The number of unbranched alkanes of at least 4 members (excludes halogenated alkanes) is 1. The van der Waals surface area contributed by atoms with Crippen LogP contribution in [0.3, 0.4) is 0 Å². The highest BCUT2D eigenvalue weighted by molar-refractivity contribution is 7.91. The monoisotopic (exact) mass is 282 g/mol. The molecule has 0 radical (unpaired) electrons. The second kappa shape index (κ2) is 4.96. The van der Waals surface area contributed by atoms with Crippen LogP contribution >= 0.6 is 0 Å². The summed E-state index contributed by atoms with van der Waals surface area (Å²) in [4.78, 5) is 4.04. The van der Waals surface area contributed by atoms with Gasteiger partial charge in [0.15, 0.2) is 9.84 Å². The van der Waals surface area contributed by atoms with Crippen molar-refractivity contribution in [1.82, 2.24) is 10.1 Å². The molecule has 1 aromatic carbocycles. The van der Waals surface area contributed by atoms with E-state index in [2.05, 4.69) is 10.1 Å². The van der Waals surface area contributed by atoms with Crippen molar-refractivity contribution in [3.05, 3.63) is 23.4 Å². The number of nitrogens with two attached hydrogens (primary N) is 1. The van der Waals surface area contributed by atoms with E-state index in [1.807, 2.05) is 6.92 Å². The summed E-state index contributed by atoms with van der Waals surface area (Å²) in [6.45, 7) is 1.90. The molecule has 0 atom stereocenters. The van der Waals surface area contributed by atoms with Crippen LogP contribution in [0.1, 0.15) is 19.8 Å². The van der Waals surface area contributed by atoms with E-state index in [4.69, 9.17) is 5.73 Å². The lowest BCUT2D eigenvalue weighted by atomic mass is 10.3. The Hall–Kier alpha value is -1.96. The molecule has 0 aliphatic heterocycles. The number of hydrogen-bond donors (Lipinski definition) is 1. The number of sulfone groups is 1. The SMILES string of the molecule is CCCCS(=O)(=O)c1cccc2nc(N)n[n+]([O-])c12. The Kier molecular flexibility index (Phi) is 3.52. The fourth-order valence-corrected chi connectivity index (χ4v) is 3.43. The maximum Gasteiger partial charge on any atom is 0.289 e. The quantitative estimate of drug-likeness (QED) is 0.642. The van der Waals surface area contributed by atoms with Gasteiger partial charge >= 0.3 is 0 Å². The molecule has 0 spiro atoms. The molecule has 0 unspecified atom stereocenters. The van der Waals surface area contributed by atoms with Crippen LogP contribution in [0.5, 0.6) is 0 Å². The summed E-state index contributed by atoms with van der Waals surface area (Å²) in [5.74, 6) is -0.196. The van der Waals surface area contributed by atoms with Crippen LogP contribution in [0.4, 0.5) is 5.95 Å². The van der Waals surface area contributed by atoms with Gasteiger partial charge < -0.3 is 10.9 Å². The minimum absolute atomic E-state index is 0.00695. The van der Waals surface area contributed by atoms with Gasteiger partial charge in [0.25, 0.3) is 11.5 Å². The molecule has 19 heavy (non-hydrogen) atoms. The Morgan fingerprint density at radius 2 is 2.16 bits per heavy atom. The minimum atomic E-state index is -3.53. The maximum absolute atomic E-state index is 12.2. The third-order valence-electron chi connectivity index (χ3n) is 2.70. The fourth-order valence-electron chi connectivity index (χ4n) is 1.78. The summed E-state index contributed by atoms with van der Waals surface area (Å²) in [5.41, 5.74) is 5.53. The summed E-state index contributed by atoms with van der Waals surface area (Å²) in [7, 11) is -3.53. The smallest absolute Gasteiger partial charge is 0.289 e. The molecule has 0 fully saturated rings. The number of hydrogen-bond acceptors (Lipinski definition) is 6. The molecule has 7 nitrogen and oxygen atoms in total. The number of nitrogen functional groups attached to an aromatic ring is 1. The Morgan fingerprint density at radius 1 is 1.42 bits per heavy atom. The Bertz CT molecular complexity index is 715. The highest BCUT2D eigenvalue weighted by atomic mass is 32.2. The van der Waals surface area contributed by atoms with Crippen molar-refractivity contribution in [3.63, 3.8) is 0 Å². The molecular weight excluding hydrogens is 268 g/mol. The average molecular weight is 282 g/mol. The molecule has 2 aromatic rings. The summed E-state index contributed by atoms with van der Waals surface area (Å²) >= 11 is 0. The third kappa shape index (κ3) is 2.58. The summed E-state index contributed by atoms with van der Waals surface area (Å²) in [6.07, 6.45) is 1.29. The predicted octanol–water partition coefficient (Wildman–Crippen LogP) is 0.419. The number of benzene rings is 1. The Labute approximate surface area is 110 Å². The maximum atomic E-state index is 12.2. The van der Waals surface area contributed by atoms with Crippen LogP contribution in [-0.4, -0.2) is 24.3 Å². The van der Waals surface area contributed by atoms with Crippen molar-refractivity contribution in [1.29, 1.82) is 0 Å². The number of rotatable bonds is 4. The zero-order valence-corrected chi connectivity index (χ0v) is 11.2. The van der Waals surface area contributed by atoms with Gasteiger partial charge in [-0.3, -0.25) is 0 Å². The van der Waals surface area contributed by atoms with Crippen molar-refractivity contribution < 1.29 is 13.3 Å². The molecule has 0 aliphatic rings. The van der Waals surface area contributed by atoms with Crippen molar-refractivity contribution >= 4 is 26.8 Å². The van der Waals surface area contributed by atoms with Gasteiger partial charge in [-0.15, -0.1) is 0 Å². The summed E-state index contributed by atoms with van der Waals surface area (Å²) < 4.78 is 24.4. The first kappa shape index (κ1) is 13.5. The molecule has 0 saturated heterocycles. The molecule has 1 aromatic heterocycles. The van der Waals surface area contributed by atoms with Crippen LogP contribution in [0.2, 0.25) is 0 Å². The Balaban J connectivity index is 2.68. The van der Waals surface area contributed by atoms with Gasteiger partial charge in [0.1, 0.15) is 10.4 Å². The standard InChI is InChI=1S/C11H14N4O3S/c1-2-3-7-19(17,18)9-6-4-5-8-10(9)15(16)14-11(12)13-8/h4-6H,2-3,7H2,1H3,(H2,12,13,14). The zero-order chi connectivity index (χ0) is 14.0. The molecule has 2 rings (SSSR count). The van der Waals surface area contributed by atoms with E-state index in [1.165, 1.54) is 18.2 Å². The summed E-state index contributed by atoms with van der Waals surface area (Å²) in [6, 6.07) is 4.45. The number of fused-ring (bicyclic) bond motifs is 1. The van der Waals surface area contributed by atoms with Crippen LogP contribution in [-0.2, 0) is 9.84 Å². The third-order valence-corrected chi connectivity index (χ3v) is 4.52. The van der Waals surface area contributed by atoms with E-state index in [0.717, 1.165) is 6.42 Å². The van der Waals surface area contributed by atoms with Crippen LogP contribution in [0, 0.1) is 5.21 Å². The zero-order valence-electron chi connectivity index (χ0n) is 10.4. The highest BCUT2D eigenvalue weighted by Crippen LogP contribution is 2.20. The molecule has 0 amide bonds. The number of para-hydroxylation sites is 1. The van der Waals surface area contributed by atoms with Gasteiger partial charge in [-0.2, -0.15) is 0 Å². The number of nitrogens with zero attached hydrogens (tertiary/aromatic N) is 3. The van der Waals surface area contributed by atoms with E-state index in [0.29, 0.717) is 6.42 Å². The number of anilines is 1. The topological polar surface area (TPSA) is 113 Å². The molecule has 1 heterocycles.